The number of carbonyl (C=O) groups excluding carboxylic acids is 1. The van der Waals surface area contributed by atoms with E-state index in [1.54, 1.807) is 6.08 Å². The fourth-order valence-electron chi connectivity index (χ4n) is 3.06. The van der Waals surface area contributed by atoms with Crippen molar-refractivity contribution in [3.8, 4) is 0 Å². The Morgan fingerprint density at radius 1 is 1.23 bits per heavy atom. The first-order valence-corrected chi connectivity index (χ1v) is 9.95. The standard InChI is InChI=1S/C20H24IN3O2/c1-3-23-10-12-24(13-11-23)16-4-7-18(15(2)14-16)22-20(25)9-6-17-5-8-19(21)26-17/h4-9,14H,3,10-13H2,1-2H3,(H,22,25)/b9-6+. The number of carbonyl (C=O) groups is 1. The Balaban J connectivity index is 1.60. The van der Waals surface area contributed by atoms with Gasteiger partial charge in [0.25, 0.3) is 0 Å². The minimum absolute atomic E-state index is 0.163. The summed E-state index contributed by atoms with van der Waals surface area (Å²) in [5.74, 6) is 0.506. The van der Waals surface area contributed by atoms with Gasteiger partial charge in [0.1, 0.15) is 5.76 Å². The summed E-state index contributed by atoms with van der Waals surface area (Å²) < 4.78 is 6.22. The quantitative estimate of drug-likeness (QED) is 0.536. The fraction of sp³-hybridized carbons (Fsp3) is 0.350. The van der Waals surface area contributed by atoms with E-state index in [-0.39, 0.29) is 5.91 Å². The molecule has 1 aromatic heterocycles. The lowest BCUT2D eigenvalue weighted by Gasteiger charge is -2.35. The van der Waals surface area contributed by atoms with Gasteiger partial charge in [-0.25, -0.2) is 0 Å². The van der Waals surface area contributed by atoms with Crippen molar-refractivity contribution in [2.24, 2.45) is 0 Å². The molecule has 26 heavy (non-hydrogen) atoms. The number of hydrogen-bond donors (Lipinski definition) is 1. The Labute approximate surface area is 168 Å². The maximum absolute atomic E-state index is 12.1. The highest BCUT2D eigenvalue weighted by Gasteiger charge is 2.16. The van der Waals surface area contributed by atoms with Gasteiger partial charge in [0, 0.05) is 43.6 Å². The molecule has 0 bridgehead atoms. The zero-order valence-corrected chi connectivity index (χ0v) is 17.3. The maximum atomic E-state index is 12.1. The van der Waals surface area contributed by atoms with Gasteiger partial charge in [0.15, 0.2) is 3.77 Å². The van der Waals surface area contributed by atoms with Crippen LogP contribution in [0.1, 0.15) is 18.2 Å². The van der Waals surface area contributed by atoms with Crippen molar-refractivity contribution in [1.29, 1.82) is 0 Å². The van der Waals surface area contributed by atoms with Crippen LogP contribution in [-0.2, 0) is 4.79 Å². The lowest BCUT2D eigenvalue weighted by Crippen LogP contribution is -2.46. The number of furan rings is 1. The second-order valence-corrected chi connectivity index (χ2v) is 7.45. The largest absolute Gasteiger partial charge is 0.451 e. The van der Waals surface area contributed by atoms with E-state index < -0.39 is 0 Å². The number of likely N-dealkylation sites (N-methyl/N-ethyl adjacent to an activating group) is 1. The number of benzene rings is 1. The molecule has 2 aromatic rings. The number of anilines is 2. The highest BCUT2D eigenvalue weighted by Crippen LogP contribution is 2.24. The summed E-state index contributed by atoms with van der Waals surface area (Å²) in [6.07, 6.45) is 3.17. The molecular formula is C20H24IN3O2. The predicted octanol–water partition coefficient (Wildman–Crippen LogP) is 3.99. The van der Waals surface area contributed by atoms with Crippen molar-refractivity contribution in [3.05, 3.63) is 51.5 Å². The maximum Gasteiger partial charge on any atom is 0.248 e. The molecule has 0 aliphatic carbocycles. The number of aryl methyl sites for hydroxylation is 1. The molecule has 0 saturated carbocycles. The van der Waals surface area contributed by atoms with Gasteiger partial charge < -0.3 is 19.5 Å². The van der Waals surface area contributed by atoms with Gasteiger partial charge >= 0.3 is 0 Å². The van der Waals surface area contributed by atoms with Crippen LogP contribution in [0.5, 0.6) is 0 Å². The van der Waals surface area contributed by atoms with Gasteiger partial charge in [-0.2, -0.15) is 0 Å². The molecule has 1 aliphatic heterocycles. The fourth-order valence-corrected chi connectivity index (χ4v) is 3.49. The van der Waals surface area contributed by atoms with E-state index >= 15 is 0 Å². The van der Waals surface area contributed by atoms with Gasteiger partial charge in [-0.05, 0) is 78.0 Å². The van der Waals surface area contributed by atoms with Crippen LogP contribution >= 0.6 is 22.6 Å². The summed E-state index contributed by atoms with van der Waals surface area (Å²) in [5.41, 5.74) is 3.12. The Kier molecular flexibility index (Phi) is 6.37. The smallest absolute Gasteiger partial charge is 0.248 e. The molecule has 1 amide bonds. The van der Waals surface area contributed by atoms with Gasteiger partial charge in [-0.15, -0.1) is 0 Å². The van der Waals surface area contributed by atoms with Crippen molar-refractivity contribution in [1.82, 2.24) is 4.90 Å². The Hall–Kier alpha value is -1.80. The van der Waals surface area contributed by atoms with Crippen molar-refractivity contribution in [2.45, 2.75) is 13.8 Å². The van der Waals surface area contributed by atoms with Crippen LogP contribution in [0.15, 0.2) is 40.8 Å². The number of rotatable bonds is 5. The van der Waals surface area contributed by atoms with Crippen LogP contribution in [0, 0.1) is 10.7 Å². The van der Waals surface area contributed by atoms with Crippen molar-refractivity contribution >= 4 is 45.9 Å². The van der Waals surface area contributed by atoms with Crippen LogP contribution in [0.2, 0.25) is 0 Å². The Bertz CT molecular complexity index is 792. The van der Waals surface area contributed by atoms with Crippen LogP contribution in [0.3, 0.4) is 0 Å². The number of halogens is 1. The van der Waals surface area contributed by atoms with Gasteiger partial charge in [0.2, 0.25) is 5.91 Å². The summed E-state index contributed by atoms with van der Waals surface area (Å²) in [6.45, 7) is 9.64. The second-order valence-electron chi connectivity index (χ2n) is 6.38. The van der Waals surface area contributed by atoms with E-state index in [0.717, 1.165) is 47.7 Å². The lowest BCUT2D eigenvalue weighted by atomic mass is 10.1. The first-order chi connectivity index (χ1) is 12.5. The van der Waals surface area contributed by atoms with Gasteiger partial charge in [-0.1, -0.05) is 6.92 Å². The molecule has 138 valence electrons. The van der Waals surface area contributed by atoms with Crippen LogP contribution in [-0.4, -0.2) is 43.5 Å². The van der Waals surface area contributed by atoms with E-state index in [2.05, 4.69) is 56.8 Å². The molecule has 0 atom stereocenters. The van der Waals surface area contributed by atoms with Gasteiger partial charge in [-0.3, -0.25) is 4.79 Å². The molecule has 6 heteroatoms. The van der Waals surface area contributed by atoms with Crippen molar-refractivity contribution < 1.29 is 9.21 Å². The molecular weight excluding hydrogens is 441 g/mol. The summed E-state index contributed by atoms with van der Waals surface area (Å²) in [7, 11) is 0. The number of hydrogen-bond acceptors (Lipinski definition) is 4. The average molecular weight is 465 g/mol. The van der Waals surface area contributed by atoms with Crippen LogP contribution < -0.4 is 10.2 Å². The summed E-state index contributed by atoms with van der Waals surface area (Å²) in [4.78, 5) is 17.0. The molecule has 0 radical (unpaired) electrons. The van der Waals surface area contributed by atoms with E-state index in [0.29, 0.717) is 5.76 Å². The second kappa shape index (κ2) is 8.73. The molecule has 0 unspecified atom stereocenters. The van der Waals surface area contributed by atoms with Crippen molar-refractivity contribution in [3.63, 3.8) is 0 Å². The molecule has 3 rings (SSSR count). The third kappa shape index (κ3) is 4.88. The zero-order chi connectivity index (χ0) is 18.5. The molecule has 1 aromatic carbocycles. The monoisotopic (exact) mass is 465 g/mol. The van der Waals surface area contributed by atoms with Gasteiger partial charge in [0.05, 0.1) is 0 Å². The number of nitrogens with one attached hydrogen (secondary N) is 1. The number of amides is 1. The first-order valence-electron chi connectivity index (χ1n) is 8.87. The summed E-state index contributed by atoms with van der Waals surface area (Å²) in [5, 5.41) is 2.94. The normalized spacial score (nSPS) is 15.6. The molecule has 2 heterocycles. The molecule has 1 saturated heterocycles. The van der Waals surface area contributed by atoms with E-state index in [1.165, 1.54) is 11.8 Å². The number of piperazine rings is 1. The van der Waals surface area contributed by atoms with Crippen molar-refractivity contribution in [2.75, 3.05) is 42.9 Å². The van der Waals surface area contributed by atoms with E-state index in [9.17, 15) is 4.79 Å². The Morgan fingerprint density at radius 3 is 2.62 bits per heavy atom. The van der Waals surface area contributed by atoms with Crippen LogP contribution in [0.4, 0.5) is 11.4 Å². The Morgan fingerprint density at radius 2 is 2.00 bits per heavy atom. The highest BCUT2D eigenvalue weighted by molar-refractivity contribution is 14.1. The summed E-state index contributed by atoms with van der Waals surface area (Å²) in [6, 6.07) is 9.92. The predicted molar refractivity (Wildman–Crippen MR) is 115 cm³/mol. The third-order valence-electron chi connectivity index (χ3n) is 4.65. The highest BCUT2D eigenvalue weighted by atomic mass is 127. The molecule has 0 spiro atoms. The molecule has 5 nitrogen and oxygen atoms in total. The molecule has 1 aliphatic rings. The zero-order valence-electron chi connectivity index (χ0n) is 15.2. The van der Waals surface area contributed by atoms with Crippen LogP contribution in [0.25, 0.3) is 6.08 Å². The van der Waals surface area contributed by atoms with E-state index in [1.807, 2.05) is 25.1 Å². The van der Waals surface area contributed by atoms with E-state index in [4.69, 9.17) is 4.42 Å². The molecule has 1 N–H and O–H groups in total. The topological polar surface area (TPSA) is 48.7 Å². The summed E-state index contributed by atoms with van der Waals surface area (Å²) >= 11 is 2.10. The minimum atomic E-state index is -0.163. The lowest BCUT2D eigenvalue weighted by molar-refractivity contribution is -0.111. The minimum Gasteiger partial charge on any atom is -0.451 e. The third-order valence-corrected chi connectivity index (χ3v) is 5.23. The molecule has 1 fully saturated rings. The SMILES string of the molecule is CCN1CCN(c2ccc(NC(=O)/C=C/c3ccc(I)o3)c(C)c2)CC1. The first kappa shape index (κ1) is 19.0. The average Bonchev–Trinajstić information content (AvgIpc) is 3.07. The number of nitrogens with zero attached hydrogens (tertiary/aromatic N) is 2.